The van der Waals surface area contributed by atoms with E-state index in [1.54, 1.807) is 18.2 Å². The Kier molecular flexibility index (Phi) is 4.44. The monoisotopic (exact) mass is 309 g/mol. The molecular formula is C14H16FN3O2S. The average molecular weight is 309 g/mol. The van der Waals surface area contributed by atoms with Crippen LogP contribution < -0.4 is 16.2 Å². The van der Waals surface area contributed by atoms with Crippen molar-refractivity contribution >= 4 is 21.4 Å². The SMILES string of the molecule is Nc1cc(S(N)(=O)=O)ccc1NCCc1ccccc1F. The van der Waals surface area contributed by atoms with E-state index in [1.165, 1.54) is 24.3 Å². The fourth-order valence-corrected chi connectivity index (χ4v) is 2.46. The van der Waals surface area contributed by atoms with Gasteiger partial charge in [0.1, 0.15) is 5.82 Å². The van der Waals surface area contributed by atoms with Crippen molar-refractivity contribution in [2.45, 2.75) is 11.3 Å². The van der Waals surface area contributed by atoms with Gasteiger partial charge in [0.05, 0.1) is 16.3 Å². The topological polar surface area (TPSA) is 98.2 Å². The molecule has 2 aromatic rings. The highest BCUT2D eigenvalue weighted by Gasteiger charge is 2.10. The Hall–Kier alpha value is -2.12. The van der Waals surface area contributed by atoms with E-state index < -0.39 is 10.0 Å². The van der Waals surface area contributed by atoms with Gasteiger partial charge in [-0.25, -0.2) is 17.9 Å². The summed E-state index contributed by atoms with van der Waals surface area (Å²) in [5.41, 5.74) is 7.23. The molecule has 0 saturated carbocycles. The number of benzene rings is 2. The van der Waals surface area contributed by atoms with E-state index in [9.17, 15) is 12.8 Å². The first-order chi connectivity index (χ1) is 9.88. The first-order valence-corrected chi connectivity index (χ1v) is 7.82. The Bertz CT molecular complexity index is 748. The van der Waals surface area contributed by atoms with Gasteiger partial charge in [0.2, 0.25) is 10.0 Å². The van der Waals surface area contributed by atoms with Crippen molar-refractivity contribution in [3.8, 4) is 0 Å². The van der Waals surface area contributed by atoms with E-state index in [4.69, 9.17) is 10.9 Å². The van der Waals surface area contributed by atoms with E-state index in [0.29, 0.717) is 24.2 Å². The third-order valence-electron chi connectivity index (χ3n) is 3.02. The number of hydrogen-bond donors (Lipinski definition) is 3. The van der Waals surface area contributed by atoms with Crippen molar-refractivity contribution in [2.24, 2.45) is 5.14 Å². The van der Waals surface area contributed by atoms with Gasteiger partial charge >= 0.3 is 0 Å². The van der Waals surface area contributed by atoms with E-state index in [0.717, 1.165) is 0 Å². The molecule has 0 fully saturated rings. The summed E-state index contributed by atoms with van der Waals surface area (Å²) in [5.74, 6) is -0.253. The molecule has 0 atom stereocenters. The minimum atomic E-state index is -3.77. The van der Waals surface area contributed by atoms with Crippen molar-refractivity contribution in [1.82, 2.24) is 0 Å². The fourth-order valence-electron chi connectivity index (χ4n) is 1.91. The molecule has 0 aliphatic rings. The van der Waals surface area contributed by atoms with E-state index in [-0.39, 0.29) is 16.4 Å². The maximum atomic E-state index is 13.4. The van der Waals surface area contributed by atoms with Crippen molar-refractivity contribution in [2.75, 3.05) is 17.6 Å². The van der Waals surface area contributed by atoms with Gasteiger partial charge in [0.15, 0.2) is 0 Å². The van der Waals surface area contributed by atoms with Gasteiger partial charge in [0, 0.05) is 6.54 Å². The number of sulfonamides is 1. The lowest BCUT2D eigenvalue weighted by Crippen LogP contribution is -2.13. The molecule has 0 spiro atoms. The molecule has 7 heteroatoms. The van der Waals surface area contributed by atoms with Crippen LogP contribution in [0, 0.1) is 5.82 Å². The van der Waals surface area contributed by atoms with Crippen LogP contribution in [0.2, 0.25) is 0 Å². The van der Waals surface area contributed by atoms with Crippen molar-refractivity contribution in [3.05, 3.63) is 53.8 Å². The van der Waals surface area contributed by atoms with Crippen LogP contribution in [-0.2, 0) is 16.4 Å². The fraction of sp³-hybridized carbons (Fsp3) is 0.143. The number of primary sulfonamides is 1. The third kappa shape index (κ3) is 3.93. The molecule has 5 N–H and O–H groups in total. The van der Waals surface area contributed by atoms with Crippen LogP contribution >= 0.6 is 0 Å². The van der Waals surface area contributed by atoms with Crippen LogP contribution in [0.1, 0.15) is 5.56 Å². The van der Waals surface area contributed by atoms with Gasteiger partial charge in [0.25, 0.3) is 0 Å². The van der Waals surface area contributed by atoms with Gasteiger partial charge < -0.3 is 11.1 Å². The number of nitrogens with one attached hydrogen (secondary N) is 1. The molecule has 112 valence electrons. The van der Waals surface area contributed by atoms with Crippen molar-refractivity contribution in [3.63, 3.8) is 0 Å². The molecule has 2 rings (SSSR count). The van der Waals surface area contributed by atoms with E-state index >= 15 is 0 Å². The lowest BCUT2D eigenvalue weighted by atomic mass is 10.1. The maximum absolute atomic E-state index is 13.4. The second-order valence-corrected chi connectivity index (χ2v) is 6.12. The van der Waals surface area contributed by atoms with E-state index in [2.05, 4.69) is 5.32 Å². The smallest absolute Gasteiger partial charge is 0.238 e. The first-order valence-electron chi connectivity index (χ1n) is 6.27. The molecule has 0 radical (unpaired) electrons. The summed E-state index contributed by atoms with van der Waals surface area (Å²) >= 11 is 0. The van der Waals surface area contributed by atoms with Crippen LogP contribution in [0.5, 0.6) is 0 Å². The van der Waals surface area contributed by atoms with Crippen molar-refractivity contribution < 1.29 is 12.8 Å². The zero-order valence-electron chi connectivity index (χ0n) is 11.2. The predicted octanol–water partition coefficient (Wildman–Crippen LogP) is 1.71. The molecule has 0 saturated heterocycles. The largest absolute Gasteiger partial charge is 0.397 e. The van der Waals surface area contributed by atoms with Gasteiger partial charge in [-0.15, -0.1) is 0 Å². The standard InChI is InChI=1S/C14H16FN3O2S/c15-12-4-2-1-3-10(12)7-8-18-14-6-5-11(9-13(14)16)21(17,19)20/h1-6,9,18H,7-8,16H2,(H2,17,19,20). The lowest BCUT2D eigenvalue weighted by molar-refractivity contribution is 0.598. The van der Waals surface area contributed by atoms with Crippen LogP contribution in [0.15, 0.2) is 47.4 Å². The van der Waals surface area contributed by atoms with Crippen LogP contribution in [0.4, 0.5) is 15.8 Å². The first kappa shape index (κ1) is 15.3. The second kappa shape index (κ2) is 6.11. The summed E-state index contributed by atoms with van der Waals surface area (Å²) in [6.45, 7) is 0.472. The minimum absolute atomic E-state index is 0.0420. The Morgan fingerprint density at radius 3 is 2.48 bits per heavy atom. The molecule has 0 aliphatic carbocycles. The van der Waals surface area contributed by atoms with Crippen LogP contribution in [0.3, 0.4) is 0 Å². The summed E-state index contributed by atoms with van der Waals surface area (Å²) in [5, 5.41) is 8.06. The molecule has 2 aromatic carbocycles. The highest BCUT2D eigenvalue weighted by Crippen LogP contribution is 2.22. The average Bonchev–Trinajstić information content (AvgIpc) is 2.41. The summed E-state index contributed by atoms with van der Waals surface area (Å²) in [6, 6.07) is 10.7. The summed E-state index contributed by atoms with van der Waals surface area (Å²) in [7, 11) is -3.77. The Morgan fingerprint density at radius 2 is 1.86 bits per heavy atom. The summed E-state index contributed by atoms with van der Waals surface area (Å²) < 4.78 is 35.8. The number of nitrogen functional groups attached to an aromatic ring is 1. The molecular weight excluding hydrogens is 293 g/mol. The quantitative estimate of drug-likeness (QED) is 0.732. The van der Waals surface area contributed by atoms with Gasteiger partial charge in [-0.1, -0.05) is 18.2 Å². The van der Waals surface area contributed by atoms with Gasteiger partial charge in [-0.3, -0.25) is 0 Å². The molecule has 0 bridgehead atoms. The zero-order valence-corrected chi connectivity index (χ0v) is 12.0. The molecule has 0 heterocycles. The third-order valence-corrected chi connectivity index (χ3v) is 3.93. The van der Waals surface area contributed by atoms with E-state index in [1.807, 2.05) is 0 Å². The zero-order chi connectivity index (χ0) is 15.5. The maximum Gasteiger partial charge on any atom is 0.238 e. The Labute approximate surface area is 122 Å². The number of halogens is 1. The highest BCUT2D eigenvalue weighted by atomic mass is 32.2. The van der Waals surface area contributed by atoms with Crippen LogP contribution in [0.25, 0.3) is 0 Å². The minimum Gasteiger partial charge on any atom is -0.397 e. The van der Waals surface area contributed by atoms with Gasteiger partial charge in [-0.05, 0) is 36.2 Å². The number of nitrogens with two attached hydrogens (primary N) is 2. The Balaban J connectivity index is 2.03. The highest BCUT2D eigenvalue weighted by molar-refractivity contribution is 7.89. The summed E-state index contributed by atoms with van der Waals surface area (Å²) in [6.07, 6.45) is 0.489. The molecule has 0 aromatic heterocycles. The second-order valence-electron chi connectivity index (χ2n) is 4.56. The Morgan fingerprint density at radius 1 is 1.14 bits per heavy atom. The predicted molar refractivity (Wildman–Crippen MR) is 80.8 cm³/mol. The normalized spacial score (nSPS) is 11.3. The number of hydrogen-bond acceptors (Lipinski definition) is 4. The van der Waals surface area contributed by atoms with Crippen LogP contribution in [-0.4, -0.2) is 15.0 Å². The van der Waals surface area contributed by atoms with Gasteiger partial charge in [-0.2, -0.15) is 0 Å². The molecule has 5 nitrogen and oxygen atoms in total. The lowest BCUT2D eigenvalue weighted by Gasteiger charge is -2.10. The van der Waals surface area contributed by atoms with Crippen molar-refractivity contribution in [1.29, 1.82) is 0 Å². The molecule has 0 amide bonds. The molecule has 0 aliphatic heterocycles. The number of rotatable bonds is 5. The molecule has 0 unspecified atom stereocenters. The molecule has 21 heavy (non-hydrogen) atoms. The summed E-state index contributed by atoms with van der Waals surface area (Å²) in [4.78, 5) is -0.0420. The number of anilines is 2.